The summed E-state index contributed by atoms with van der Waals surface area (Å²) in [5.74, 6) is -5.87. The summed E-state index contributed by atoms with van der Waals surface area (Å²) in [6.07, 6.45) is -4.11. The molecule has 11 heteroatoms. The summed E-state index contributed by atoms with van der Waals surface area (Å²) in [6.45, 7) is 0. The van der Waals surface area contributed by atoms with E-state index in [2.05, 4.69) is 0 Å². The first kappa shape index (κ1) is 27.0. The summed E-state index contributed by atoms with van der Waals surface area (Å²) in [5, 5.41) is 42.6. The molecule has 0 aromatic heterocycles. The minimum atomic E-state index is -3.22. The average Bonchev–Trinajstić information content (AvgIpc) is 2.00. The van der Waals surface area contributed by atoms with E-state index in [0.717, 1.165) is 0 Å². The third kappa shape index (κ3) is 8.36. The molecule has 0 radical (unpaired) electrons. The normalized spacial score (nSPS) is 13.8. The first-order chi connectivity index (χ1) is 6.21. The summed E-state index contributed by atoms with van der Waals surface area (Å²) >= 11 is 0. The molecule has 0 spiro atoms. The fraction of sp³-hybridized carbons (Fsp3) is 0.500. The Bertz CT molecular complexity index is 290. The van der Waals surface area contributed by atoms with Gasteiger partial charge in [0.05, 0.1) is 6.42 Å². The van der Waals surface area contributed by atoms with Crippen LogP contribution in [-0.4, -0.2) is 60.6 Å². The molecule has 0 aliphatic carbocycles. The number of aliphatic carboxylic acids is 3. The molecule has 2 atom stereocenters. The minimum Gasteiger partial charge on any atom is -1.00 e. The fourth-order valence-electron chi connectivity index (χ4n) is 0.724. The van der Waals surface area contributed by atoms with Crippen LogP contribution in [0.3, 0.4) is 0 Å². The van der Waals surface area contributed by atoms with Crippen LogP contribution >= 0.6 is 0 Å². The van der Waals surface area contributed by atoms with Crippen molar-refractivity contribution in [1.82, 2.24) is 0 Å². The number of rotatable bonds is 5. The molecule has 2 unspecified atom stereocenters. The van der Waals surface area contributed by atoms with E-state index >= 15 is 0 Å². The Hall–Kier alpha value is 1.56. The van der Waals surface area contributed by atoms with Gasteiger partial charge >= 0.3 is 121 Å². The number of carboxylic acids is 3. The van der Waals surface area contributed by atoms with Crippen LogP contribution in [0.25, 0.3) is 0 Å². The summed E-state index contributed by atoms with van der Waals surface area (Å²) in [6, 6.07) is 0. The number of carboxylic acid groups (broad SMARTS) is 3. The molecule has 0 aromatic carbocycles. The Morgan fingerprint density at radius 2 is 1.47 bits per heavy atom. The molecule has 0 rings (SSSR count). The Kier molecular flexibility index (Phi) is 18.1. The maximum absolute atomic E-state index is 10.4. The van der Waals surface area contributed by atoms with E-state index in [9.17, 15) is 14.4 Å². The molecular formula is C6H12K2O9. The van der Waals surface area contributed by atoms with Gasteiger partial charge < -0.3 is 33.9 Å². The van der Waals surface area contributed by atoms with Gasteiger partial charge in [-0.1, -0.05) is 0 Å². The number of hydrogen-bond acceptors (Lipinski definition) is 5. The average molecular weight is 306 g/mol. The zero-order valence-corrected chi connectivity index (χ0v) is 15.5. The summed E-state index contributed by atoms with van der Waals surface area (Å²) in [4.78, 5) is 30.7. The molecule has 9 nitrogen and oxygen atoms in total. The SMILES string of the molecule is O.O=C(O)CC(O)(C(=O)O)C(O)C(=O)O.[H-].[H-].[K+].[K+]. The van der Waals surface area contributed by atoms with Crippen LogP contribution < -0.4 is 103 Å². The maximum atomic E-state index is 10.4. The Labute approximate surface area is 183 Å². The summed E-state index contributed by atoms with van der Waals surface area (Å²) < 4.78 is 0. The molecule has 0 aliphatic rings. The van der Waals surface area contributed by atoms with Gasteiger partial charge in [0.15, 0.2) is 6.10 Å². The maximum Gasteiger partial charge on any atom is 1.00 e. The first-order valence-corrected chi connectivity index (χ1v) is 3.30. The summed E-state index contributed by atoms with van der Waals surface area (Å²) in [5.41, 5.74) is -3.22. The van der Waals surface area contributed by atoms with Crippen LogP contribution in [0.4, 0.5) is 0 Å². The van der Waals surface area contributed by atoms with Gasteiger partial charge in [0.2, 0.25) is 5.60 Å². The van der Waals surface area contributed by atoms with E-state index in [1.54, 1.807) is 0 Å². The van der Waals surface area contributed by atoms with E-state index in [-0.39, 0.29) is 111 Å². The molecule has 0 aliphatic heterocycles. The van der Waals surface area contributed by atoms with E-state index < -0.39 is 36.0 Å². The van der Waals surface area contributed by atoms with Gasteiger partial charge in [-0.15, -0.1) is 0 Å². The molecular weight excluding hydrogens is 294 g/mol. The molecule has 0 amide bonds. The topological polar surface area (TPSA) is 184 Å². The van der Waals surface area contributed by atoms with Crippen molar-refractivity contribution in [3.8, 4) is 0 Å². The second kappa shape index (κ2) is 11.4. The van der Waals surface area contributed by atoms with Gasteiger partial charge in [-0.25, -0.2) is 9.59 Å². The van der Waals surface area contributed by atoms with Crippen molar-refractivity contribution in [2.75, 3.05) is 0 Å². The van der Waals surface area contributed by atoms with Gasteiger partial charge in [-0.3, -0.25) is 4.79 Å². The molecule has 0 fully saturated rings. The van der Waals surface area contributed by atoms with E-state index in [0.29, 0.717) is 0 Å². The number of carbonyl (C=O) groups is 3. The largest absolute Gasteiger partial charge is 1.00 e. The van der Waals surface area contributed by atoms with Gasteiger partial charge in [-0.2, -0.15) is 0 Å². The molecule has 7 N–H and O–H groups in total. The van der Waals surface area contributed by atoms with Gasteiger partial charge in [0, 0.05) is 0 Å². The van der Waals surface area contributed by atoms with Crippen molar-refractivity contribution >= 4 is 17.9 Å². The van der Waals surface area contributed by atoms with E-state index in [1.807, 2.05) is 0 Å². The van der Waals surface area contributed by atoms with Crippen molar-refractivity contribution < 1.29 is 151 Å². The van der Waals surface area contributed by atoms with E-state index in [4.69, 9.17) is 25.5 Å². The summed E-state index contributed by atoms with van der Waals surface area (Å²) in [7, 11) is 0. The van der Waals surface area contributed by atoms with Crippen LogP contribution in [0.2, 0.25) is 0 Å². The van der Waals surface area contributed by atoms with Crippen molar-refractivity contribution in [3.05, 3.63) is 0 Å². The second-order valence-electron chi connectivity index (χ2n) is 2.54. The smallest absolute Gasteiger partial charge is 1.00 e. The molecule has 0 saturated heterocycles. The Balaban J connectivity index is -0.0000000845. The number of aliphatic hydroxyl groups is 2. The van der Waals surface area contributed by atoms with Gasteiger partial charge in [-0.05, 0) is 0 Å². The standard InChI is InChI=1S/C6H8O8.2K.H2O.2H/c7-2(8)1-6(14,5(12)13)3(9)4(10)11;;;;;/h3,9,14H,1H2,(H,7,8)(H,10,11)(H,12,13);;;1H2;;/q;2*+1;;2*-1. The third-order valence-electron chi connectivity index (χ3n) is 1.48. The minimum absolute atomic E-state index is 0. The number of aliphatic hydroxyl groups excluding tert-OH is 1. The molecule has 92 valence electrons. The quantitative estimate of drug-likeness (QED) is 0.310. The molecule has 0 heterocycles. The predicted molar refractivity (Wildman–Crippen MR) is 44.3 cm³/mol. The van der Waals surface area contributed by atoms with Crippen LogP contribution in [-0.2, 0) is 14.4 Å². The molecule has 0 saturated carbocycles. The first-order valence-electron chi connectivity index (χ1n) is 3.30. The predicted octanol–water partition coefficient (Wildman–Crippen LogP) is -8.87. The molecule has 17 heavy (non-hydrogen) atoms. The van der Waals surface area contributed by atoms with Crippen molar-refractivity contribution in [1.29, 1.82) is 0 Å². The fourth-order valence-corrected chi connectivity index (χ4v) is 0.724. The Morgan fingerprint density at radius 1 is 1.12 bits per heavy atom. The van der Waals surface area contributed by atoms with Crippen LogP contribution in [0, 0.1) is 0 Å². The van der Waals surface area contributed by atoms with Crippen LogP contribution in [0.1, 0.15) is 9.27 Å². The molecule has 0 aromatic rings. The Morgan fingerprint density at radius 3 is 1.65 bits per heavy atom. The van der Waals surface area contributed by atoms with Crippen LogP contribution in [0.15, 0.2) is 0 Å². The molecule has 0 bridgehead atoms. The number of hydrogen-bond donors (Lipinski definition) is 5. The van der Waals surface area contributed by atoms with Crippen molar-refractivity contribution in [2.24, 2.45) is 0 Å². The van der Waals surface area contributed by atoms with E-state index in [1.165, 1.54) is 0 Å². The van der Waals surface area contributed by atoms with Gasteiger partial charge in [0.1, 0.15) is 0 Å². The zero-order valence-electron chi connectivity index (χ0n) is 11.2. The third-order valence-corrected chi connectivity index (χ3v) is 1.48. The van der Waals surface area contributed by atoms with Gasteiger partial charge in [0.25, 0.3) is 0 Å². The zero-order chi connectivity index (χ0) is 11.5. The van der Waals surface area contributed by atoms with Crippen LogP contribution in [0.5, 0.6) is 0 Å². The van der Waals surface area contributed by atoms with Crippen molar-refractivity contribution in [3.63, 3.8) is 0 Å². The monoisotopic (exact) mass is 306 g/mol. The van der Waals surface area contributed by atoms with Crippen molar-refractivity contribution in [2.45, 2.75) is 18.1 Å². The second-order valence-corrected chi connectivity index (χ2v) is 2.54.